The first kappa shape index (κ1) is 15.1. The van der Waals surface area contributed by atoms with Gasteiger partial charge in [0.25, 0.3) is 10.0 Å². The maximum absolute atomic E-state index is 12.0. The Morgan fingerprint density at radius 2 is 2.06 bits per heavy atom. The molecule has 0 saturated carbocycles. The zero-order valence-electron chi connectivity index (χ0n) is 9.75. The molecular weight excluding hydrogens is 276 g/mol. The quantitative estimate of drug-likeness (QED) is 0.684. The molecule has 6 nitrogen and oxygen atoms in total. The van der Waals surface area contributed by atoms with E-state index in [-0.39, 0.29) is 15.5 Å². The summed E-state index contributed by atoms with van der Waals surface area (Å²) in [6.45, 7) is 0.648. The Morgan fingerprint density at radius 3 is 2.44 bits per heavy atom. The van der Waals surface area contributed by atoms with E-state index in [0.717, 1.165) is 11.3 Å². The summed E-state index contributed by atoms with van der Waals surface area (Å²) in [4.78, 5) is 0.283. The highest BCUT2D eigenvalue weighted by Crippen LogP contribution is 2.23. The molecular formula is C10H14N2O4S2. The zero-order chi connectivity index (χ0) is 13.8. The van der Waals surface area contributed by atoms with Crippen molar-refractivity contribution in [2.24, 2.45) is 0 Å². The first-order valence-corrected chi connectivity index (χ1v) is 7.48. The number of hydrogen-bond acceptors (Lipinski definition) is 6. The van der Waals surface area contributed by atoms with E-state index in [4.69, 9.17) is 5.26 Å². The van der Waals surface area contributed by atoms with Crippen LogP contribution < -0.4 is 4.72 Å². The highest BCUT2D eigenvalue weighted by Gasteiger charge is 2.33. The van der Waals surface area contributed by atoms with Crippen molar-refractivity contribution in [3.05, 3.63) is 17.0 Å². The number of rotatable bonds is 6. The van der Waals surface area contributed by atoms with E-state index in [9.17, 15) is 18.6 Å². The van der Waals surface area contributed by atoms with Crippen LogP contribution in [0.3, 0.4) is 0 Å². The van der Waals surface area contributed by atoms with Crippen molar-refractivity contribution in [3.8, 4) is 6.07 Å². The molecule has 0 radical (unpaired) electrons. The van der Waals surface area contributed by atoms with Crippen LogP contribution in [0.25, 0.3) is 0 Å². The van der Waals surface area contributed by atoms with Gasteiger partial charge in [-0.25, -0.2) is 8.42 Å². The molecule has 0 fully saturated rings. The number of nitrogens with one attached hydrogen (secondary N) is 1. The van der Waals surface area contributed by atoms with Crippen LogP contribution in [0.5, 0.6) is 0 Å². The van der Waals surface area contributed by atoms with Crippen LogP contribution in [-0.2, 0) is 10.0 Å². The molecule has 1 aromatic rings. The van der Waals surface area contributed by atoms with Crippen LogP contribution >= 0.6 is 11.3 Å². The minimum absolute atomic E-state index is 0.0150. The topological polar surface area (TPSA) is 110 Å². The molecule has 0 aliphatic heterocycles. The Bertz CT molecular complexity index is 532. The van der Waals surface area contributed by atoms with Gasteiger partial charge < -0.3 is 10.2 Å². The number of aliphatic hydroxyl groups is 2. The van der Waals surface area contributed by atoms with Crippen molar-refractivity contribution >= 4 is 21.4 Å². The number of hydrogen-bond donors (Lipinski definition) is 3. The van der Waals surface area contributed by atoms with Crippen molar-refractivity contribution in [2.45, 2.75) is 23.1 Å². The third-order valence-electron chi connectivity index (χ3n) is 2.59. The second kappa shape index (κ2) is 5.77. The van der Waals surface area contributed by atoms with Gasteiger partial charge in [-0.05, 0) is 18.6 Å². The second-order valence-corrected chi connectivity index (χ2v) is 6.78. The van der Waals surface area contributed by atoms with E-state index >= 15 is 0 Å². The number of nitrogens with zero attached hydrogens (tertiary/aromatic N) is 1. The molecule has 3 N–H and O–H groups in total. The summed E-state index contributed by atoms with van der Waals surface area (Å²) in [5.41, 5.74) is -1.28. The largest absolute Gasteiger partial charge is 0.394 e. The standard InChI is InChI=1S/C10H14N2O4S2/c1-2-10(6-13,7-14)12-18(15,16)9-4-3-8(5-11)17-9/h3-4,12-14H,2,6-7H2,1H3. The summed E-state index contributed by atoms with van der Waals surface area (Å²) in [6, 6.07) is 4.58. The summed E-state index contributed by atoms with van der Waals surface area (Å²) in [5.74, 6) is 0. The highest BCUT2D eigenvalue weighted by molar-refractivity contribution is 7.91. The lowest BCUT2D eigenvalue weighted by Gasteiger charge is -2.28. The molecule has 0 spiro atoms. The van der Waals surface area contributed by atoms with Crippen LogP contribution in [-0.4, -0.2) is 37.4 Å². The monoisotopic (exact) mass is 290 g/mol. The normalized spacial score (nSPS) is 12.3. The minimum Gasteiger partial charge on any atom is -0.394 e. The Kier molecular flexibility index (Phi) is 4.84. The van der Waals surface area contributed by atoms with Crippen LogP contribution in [0.2, 0.25) is 0 Å². The van der Waals surface area contributed by atoms with E-state index < -0.39 is 28.8 Å². The van der Waals surface area contributed by atoms with Gasteiger partial charge in [0.1, 0.15) is 15.2 Å². The van der Waals surface area contributed by atoms with Crippen LogP contribution in [0.1, 0.15) is 18.2 Å². The molecule has 8 heteroatoms. The third-order valence-corrected chi connectivity index (χ3v) is 5.65. The fraction of sp³-hybridized carbons (Fsp3) is 0.500. The Labute approximate surface area is 110 Å². The molecule has 1 rings (SSSR count). The fourth-order valence-corrected chi connectivity index (χ4v) is 3.83. The Morgan fingerprint density at radius 1 is 1.44 bits per heavy atom. The molecule has 100 valence electrons. The summed E-state index contributed by atoms with van der Waals surface area (Å²) in [5, 5.41) is 27.1. The van der Waals surface area contributed by atoms with Crippen molar-refractivity contribution in [3.63, 3.8) is 0 Å². The Hall–Kier alpha value is -0.980. The van der Waals surface area contributed by atoms with Crippen LogP contribution in [0.4, 0.5) is 0 Å². The summed E-state index contributed by atoms with van der Waals surface area (Å²) in [7, 11) is -3.85. The van der Waals surface area contributed by atoms with E-state index in [2.05, 4.69) is 4.72 Å². The second-order valence-electron chi connectivity index (χ2n) is 3.79. The lowest BCUT2D eigenvalue weighted by Crippen LogP contribution is -2.53. The van der Waals surface area contributed by atoms with Gasteiger partial charge in [0.15, 0.2) is 0 Å². The summed E-state index contributed by atoms with van der Waals surface area (Å²) in [6.07, 6.45) is 0.246. The van der Waals surface area contributed by atoms with E-state index in [1.807, 2.05) is 6.07 Å². The zero-order valence-corrected chi connectivity index (χ0v) is 11.4. The summed E-state index contributed by atoms with van der Waals surface area (Å²) < 4.78 is 26.3. The lowest BCUT2D eigenvalue weighted by molar-refractivity contribution is 0.105. The molecule has 1 aromatic heterocycles. The molecule has 0 aliphatic carbocycles. The summed E-state index contributed by atoms with van der Waals surface area (Å²) >= 11 is 0.837. The molecule has 0 aliphatic rings. The van der Waals surface area contributed by atoms with Gasteiger partial charge in [-0.3, -0.25) is 0 Å². The smallest absolute Gasteiger partial charge is 0.250 e. The van der Waals surface area contributed by atoms with Crippen LogP contribution in [0.15, 0.2) is 16.3 Å². The Balaban J connectivity index is 3.05. The first-order chi connectivity index (χ1) is 8.43. The molecule has 0 atom stereocenters. The van der Waals surface area contributed by atoms with Gasteiger partial charge in [-0.15, -0.1) is 11.3 Å². The first-order valence-electron chi connectivity index (χ1n) is 5.18. The van der Waals surface area contributed by atoms with Crippen molar-refractivity contribution in [1.29, 1.82) is 5.26 Å². The molecule has 18 heavy (non-hydrogen) atoms. The average Bonchev–Trinajstić information content (AvgIpc) is 2.85. The third kappa shape index (κ3) is 3.07. The predicted octanol–water partition coefficient (Wildman–Crippen LogP) is 0.0315. The number of sulfonamides is 1. The molecule has 0 aromatic carbocycles. The fourth-order valence-electron chi connectivity index (χ4n) is 1.27. The van der Waals surface area contributed by atoms with Crippen molar-refractivity contribution in [2.75, 3.05) is 13.2 Å². The molecule has 0 amide bonds. The average molecular weight is 290 g/mol. The van der Waals surface area contributed by atoms with Gasteiger partial charge in [0.2, 0.25) is 0 Å². The predicted molar refractivity (Wildman–Crippen MR) is 66.5 cm³/mol. The van der Waals surface area contributed by atoms with E-state index in [0.29, 0.717) is 0 Å². The number of thiophene rings is 1. The molecule has 0 saturated heterocycles. The maximum Gasteiger partial charge on any atom is 0.250 e. The van der Waals surface area contributed by atoms with E-state index in [1.54, 1.807) is 6.92 Å². The molecule has 0 bridgehead atoms. The lowest BCUT2D eigenvalue weighted by atomic mass is 10.0. The van der Waals surface area contributed by atoms with Gasteiger partial charge in [-0.1, -0.05) is 6.92 Å². The van der Waals surface area contributed by atoms with Gasteiger partial charge >= 0.3 is 0 Å². The molecule has 0 unspecified atom stereocenters. The van der Waals surface area contributed by atoms with E-state index in [1.165, 1.54) is 12.1 Å². The highest BCUT2D eigenvalue weighted by atomic mass is 32.2. The molecule has 1 heterocycles. The number of aliphatic hydroxyl groups excluding tert-OH is 2. The van der Waals surface area contributed by atoms with Gasteiger partial charge in [0.05, 0.1) is 18.8 Å². The minimum atomic E-state index is -3.85. The van der Waals surface area contributed by atoms with Crippen molar-refractivity contribution in [1.82, 2.24) is 4.72 Å². The SMILES string of the molecule is CCC(CO)(CO)NS(=O)(=O)c1ccc(C#N)s1. The van der Waals surface area contributed by atoms with Gasteiger partial charge in [-0.2, -0.15) is 9.98 Å². The van der Waals surface area contributed by atoms with Gasteiger partial charge in [0, 0.05) is 0 Å². The maximum atomic E-state index is 12.0. The number of nitriles is 1. The van der Waals surface area contributed by atoms with Crippen LogP contribution in [0, 0.1) is 11.3 Å². The van der Waals surface area contributed by atoms with Crippen molar-refractivity contribution < 1.29 is 18.6 Å².